The molecule has 84 valence electrons. The number of aryl methyl sites for hydroxylation is 1. The van der Waals surface area contributed by atoms with E-state index in [1.165, 1.54) is 36.0 Å². The number of nitrogens with zero attached hydrogens (tertiary/aromatic N) is 1. The minimum Gasteiger partial charge on any atom is -0.316 e. The van der Waals surface area contributed by atoms with Crippen molar-refractivity contribution in [3.05, 3.63) is 16.1 Å². The monoisotopic (exact) mass is 242 g/mol. The largest absolute Gasteiger partial charge is 0.316 e. The standard InChI is InChI=1S/C11H18N2S2/c1-2-3-11-13-10(8-15-11)7-14-6-9-4-12-5-9/h8-9,12H,2-7H2,1H3. The fourth-order valence-electron chi connectivity index (χ4n) is 1.54. The highest BCUT2D eigenvalue weighted by Crippen LogP contribution is 2.19. The van der Waals surface area contributed by atoms with Crippen molar-refractivity contribution in [2.24, 2.45) is 5.92 Å². The van der Waals surface area contributed by atoms with Gasteiger partial charge in [0, 0.05) is 11.1 Å². The number of nitrogens with one attached hydrogen (secondary N) is 1. The number of thiazole rings is 1. The second-order valence-electron chi connectivity index (χ2n) is 4.02. The SMILES string of the molecule is CCCc1nc(CSCC2CNC2)cs1. The third-order valence-electron chi connectivity index (χ3n) is 2.53. The molecule has 0 spiro atoms. The average molecular weight is 242 g/mol. The van der Waals surface area contributed by atoms with Gasteiger partial charge in [-0.15, -0.1) is 11.3 Å². The van der Waals surface area contributed by atoms with Gasteiger partial charge in [0.1, 0.15) is 0 Å². The Kier molecular flexibility index (Phi) is 4.47. The lowest BCUT2D eigenvalue weighted by Crippen LogP contribution is -2.43. The molecule has 15 heavy (non-hydrogen) atoms. The molecule has 0 aliphatic carbocycles. The Labute approximate surface area is 99.9 Å². The van der Waals surface area contributed by atoms with Crippen LogP contribution in [0.25, 0.3) is 0 Å². The van der Waals surface area contributed by atoms with Crippen molar-refractivity contribution in [2.75, 3.05) is 18.8 Å². The Balaban J connectivity index is 1.67. The summed E-state index contributed by atoms with van der Waals surface area (Å²) >= 11 is 3.84. The molecule has 0 unspecified atom stereocenters. The van der Waals surface area contributed by atoms with Crippen LogP contribution >= 0.6 is 23.1 Å². The minimum absolute atomic E-state index is 0.906. The first kappa shape index (κ1) is 11.4. The van der Waals surface area contributed by atoms with Gasteiger partial charge < -0.3 is 5.32 Å². The van der Waals surface area contributed by atoms with Gasteiger partial charge in [-0.3, -0.25) is 0 Å². The Morgan fingerprint density at radius 2 is 2.47 bits per heavy atom. The second-order valence-corrected chi connectivity index (χ2v) is 5.99. The molecule has 0 radical (unpaired) electrons. The molecule has 1 N–H and O–H groups in total. The number of thioether (sulfide) groups is 1. The van der Waals surface area contributed by atoms with Gasteiger partial charge in [0.05, 0.1) is 10.7 Å². The van der Waals surface area contributed by atoms with Crippen molar-refractivity contribution in [1.29, 1.82) is 0 Å². The molecule has 0 saturated carbocycles. The van der Waals surface area contributed by atoms with Crippen LogP contribution in [0.1, 0.15) is 24.0 Å². The van der Waals surface area contributed by atoms with E-state index >= 15 is 0 Å². The molecule has 2 rings (SSSR count). The molecule has 2 heterocycles. The molecular formula is C11H18N2S2. The number of hydrogen-bond acceptors (Lipinski definition) is 4. The average Bonchev–Trinajstić information content (AvgIpc) is 2.58. The molecule has 0 bridgehead atoms. The third kappa shape index (κ3) is 3.47. The summed E-state index contributed by atoms with van der Waals surface area (Å²) in [6.07, 6.45) is 2.34. The normalized spacial score (nSPS) is 16.6. The number of aromatic nitrogens is 1. The van der Waals surface area contributed by atoms with Crippen LogP contribution in [0.15, 0.2) is 5.38 Å². The van der Waals surface area contributed by atoms with Gasteiger partial charge in [0.15, 0.2) is 0 Å². The molecule has 2 nitrogen and oxygen atoms in total. The Morgan fingerprint density at radius 1 is 1.60 bits per heavy atom. The molecule has 0 atom stereocenters. The van der Waals surface area contributed by atoms with E-state index in [2.05, 4.69) is 22.6 Å². The van der Waals surface area contributed by atoms with Crippen molar-refractivity contribution in [2.45, 2.75) is 25.5 Å². The predicted octanol–water partition coefficient (Wildman–Crippen LogP) is 2.55. The molecule has 1 aliphatic rings. The van der Waals surface area contributed by atoms with E-state index < -0.39 is 0 Å². The van der Waals surface area contributed by atoms with Crippen molar-refractivity contribution in [3.63, 3.8) is 0 Å². The Bertz CT molecular complexity index is 295. The molecule has 0 aromatic carbocycles. The lowest BCUT2D eigenvalue weighted by Gasteiger charge is -2.26. The summed E-state index contributed by atoms with van der Waals surface area (Å²) in [4.78, 5) is 4.62. The number of hydrogen-bond donors (Lipinski definition) is 1. The van der Waals surface area contributed by atoms with Crippen LogP contribution in [0.5, 0.6) is 0 Å². The fraction of sp³-hybridized carbons (Fsp3) is 0.727. The van der Waals surface area contributed by atoms with Crippen molar-refractivity contribution < 1.29 is 0 Å². The van der Waals surface area contributed by atoms with Gasteiger partial charge in [-0.25, -0.2) is 4.98 Å². The van der Waals surface area contributed by atoms with Crippen LogP contribution in [-0.2, 0) is 12.2 Å². The summed E-state index contributed by atoms with van der Waals surface area (Å²) < 4.78 is 0. The summed E-state index contributed by atoms with van der Waals surface area (Å²) in [5.74, 6) is 3.29. The van der Waals surface area contributed by atoms with Gasteiger partial charge in [0.25, 0.3) is 0 Å². The highest BCUT2D eigenvalue weighted by atomic mass is 32.2. The summed E-state index contributed by atoms with van der Waals surface area (Å²) in [6.45, 7) is 4.63. The molecule has 4 heteroatoms. The van der Waals surface area contributed by atoms with Gasteiger partial charge >= 0.3 is 0 Å². The molecule has 1 saturated heterocycles. The van der Waals surface area contributed by atoms with Gasteiger partial charge in [-0.05, 0) is 37.6 Å². The smallest absolute Gasteiger partial charge is 0.0928 e. The molecule has 0 amide bonds. The van der Waals surface area contributed by atoms with E-state index in [0.717, 1.165) is 18.1 Å². The fourth-order valence-corrected chi connectivity index (χ4v) is 3.59. The zero-order valence-corrected chi connectivity index (χ0v) is 10.8. The quantitative estimate of drug-likeness (QED) is 0.830. The Hall–Kier alpha value is -0.0600. The lowest BCUT2D eigenvalue weighted by atomic mass is 10.1. The van der Waals surface area contributed by atoms with E-state index in [1.54, 1.807) is 0 Å². The maximum atomic E-state index is 4.62. The van der Waals surface area contributed by atoms with E-state index in [1.807, 2.05) is 23.1 Å². The summed E-state index contributed by atoms with van der Waals surface area (Å²) in [7, 11) is 0. The molecule has 1 aromatic heterocycles. The van der Waals surface area contributed by atoms with E-state index in [4.69, 9.17) is 0 Å². The lowest BCUT2D eigenvalue weighted by molar-refractivity contribution is 0.385. The predicted molar refractivity (Wildman–Crippen MR) is 68.6 cm³/mol. The third-order valence-corrected chi connectivity index (χ3v) is 4.70. The van der Waals surface area contributed by atoms with E-state index in [-0.39, 0.29) is 0 Å². The first-order valence-corrected chi connectivity index (χ1v) is 7.63. The second kappa shape index (κ2) is 5.87. The summed E-state index contributed by atoms with van der Waals surface area (Å²) in [5.41, 5.74) is 1.28. The van der Waals surface area contributed by atoms with Gasteiger partial charge in [0.2, 0.25) is 0 Å². The molecule has 1 aromatic rings. The molecule has 1 fully saturated rings. The zero-order chi connectivity index (χ0) is 10.5. The van der Waals surface area contributed by atoms with Crippen LogP contribution in [-0.4, -0.2) is 23.8 Å². The van der Waals surface area contributed by atoms with Crippen LogP contribution in [0.2, 0.25) is 0 Å². The first-order valence-electron chi connectivity index (χ1n) is 5.60. The number of rotatable bonds is 6. The highest BCUT2D eigenvalue weighted by Gasteiger charge is 2.16. The van der Waals surface area contributed by atoms with E-state index in [9.17, 15) is 0 Å². The van der Waals surface area contributed by atoms with Crippen LogP contribution in [0.4, 0.5) is 0 Å². The molecular weight excluding hydrogens is 224 g/mol. The van der Waals surface area contributed by atoms with E-state index in [0.29, 0.717) is 0 Å². The summed E-state index contributed by atoms with van der Waals surface area (Å²) in [5, 5.41) is 6.83. The van der Waals surface area contributed by atoms with Crippen LogP contribution in [0.3, 0.4) is 0 Å². The van der Waals surface area contributed by atoms with Crippen molar-refractivity contribution in [1.82, 2.24) is 10.3 Å². The molecule has 1 aliphatic heterocycles. The zero-order valence-electron chi connectivity index (χ0n) is 9.16. The van der Waals surface area contributed by atoms with Crippen LogP contribution < -0.4 is 5.32 Å². The van der Waals surface area contributed by atoms with Crippen LogP contribution in [0, 0.1) is 5.92 Å². The topological polar surface area (TPSA) is 24.9 Å². The maximum Gasteiger partial charge on any atom is 0.0928 e. The Morgan fingerprint density at radius 3 is 3.13 bits per heavy atom. The van der Waals surface area contributed by atoms with Gasteiger partial charge in [-0.2, -0.15) is 11.8 Å². The summed E-state index contributed by atoms with van der Waals surface area (Å²) in [6, 6.07) is 0. The van der Waals surface area contributed by atoms with Gasteiger partial charge in [-0.1, -0.05) is 6.92 Å². The maximum absolute atomic E-state index is 4.62. The van der Waals surface area contributed by atoms with Crippen molar-refractivity contribution in [3.8, 4) is 0 Å². The minimum atomic E-state index is 0.906. The first-order chi connectivity index (χ1) is 7.38. The highest BCUT2D eigenvalue weighted by molar-refractivity contribution is 7.98. The van der Waals surface area contributed by atoms with Crippen molar-refractivity contribution >= 4 is 23.1 Å².